The Bertz CT molecular complexity index is 555. The monoisotopic (exact) mass is 304 g/mol. The van der Waals surface area contributed by atoms with Crippen LogP contribution in [0.15, 0.2) is 12.4 Å². The Morgan fingerprint density at radius 2 is 2.25 bits per heavy atom. The summed E-state index contributed by atoms with van der Waals surface area (Å²) in [7, 11) is -0.804. The molecule has 8 nitrogen and oxygen atoms in total. The number of nitrogens with zero attached hydrogens (tertiary/aromatic N) is 3. The molecule has 2 N–H and O–H groups in total. The second-order valence-electron chi connectivity index (χ2n) is 4.52. The van der Waals surface area contributed by atoms with Gasteiger partial charge in [0.15, 0.2) is 0 Å². The zero-order valence-corrected chi connectivity index (χ0v) is 12.6. The molecule has 1 unspecified atom stereocenters. The van der Waals surface area contributed by atoms with E-state index in [0.29, 0.717) is 13.0 Å². The van der Waals surface area contributed by atoms with Gasteiger partial charge in [-0.1, -0.05) is 13.3 Å². The van der Waals surface area contributed by atoms with E-state index in [2.05, 4.69) is 9.82 Å². The van der Waals surface area contributed by atoms with Crippen LogP contribution < -0.4 is 4.72 Å². The minimum Gasteiger partial charge on any atom is -0.480 e. The number of aryl methyl sites for hydroxylation is 1. The van der Waals surface area contributed by atoms with Crippen molar-refractivity contribution in [1.29, 1.82) is 0 Å². The van der Waals surface area contributed by atoms with Crippen LogP contribution in [0.2, 0.25) is 0 Å². The number of aliphatic carboxylic acids is 1. The van der Waals surface area contributed by atoms with Gasteiger partial charge in [-0.05, 0) is 6.42 Å². The molecular formula is C11H20N4O4S. The van der Waals surface area contributed by atoms with Gasteiger partial charge in [-0.2, -0.15) is 22.5 Å². The summed E-state index contributed by atoms with van der Waals surface area (Å²) in [6, 6.07) is -1.35. The van der Waals surface area contributed by atoms with E-state index in [1.165, 1.54) is 24.1 Å². The third-order valence-corrected chi connectivity index (χ3v) is 4.35. The van der Waals surface area contributed by atoms with Crippen LogP contribution in [-0.4, -0.2) is 47.2 Å². The standard InChI is InChI=1S/C11H20N4O4S/c1-4-5-6-15(3)20(18,19)13-10(11(16)17)9-7-12-14(2)8-9/h7-8,10,13H,4-6H2,1-3H3,(H,16,17). The molecule has 0 saturated heterocycles. The summed E-state index contributed by atoms with van der Waals surface area (Å²) in [5, 5.41) is 13.0. The normalized spacial score (nSPS) is 13.6. The lowest BCUT2D eigenvalue weighted by Crippen LogP contribution is -2.42. The summed E-state index contributed by atoms with van der Waals surface area (Å²) in [6.07, 6.45) is 4.35. The predicted octanol–water partition coefficient (Wildman–Crippen LogP) is 0.112. The topological polar surface area (TPSA) is 105 Å². The molecule has 0 saturated carbocycles. The molecule has 114 valence electrons. The summed E-state index contributed by atoms with van der Waals surface area (Å²) in [4.78, 5) is 11.2. The second-order valence-corrected chi connectivity index (χ2v) is 6.33. The van der Waals surface area contributed by atoms with E-state index in [9.17, 15) is 18.3 Å². The fourth-order valence-electron chi connectivity index (χ4n) is 1.59. The molecule has 0 aliphatic carbocycles. The number of rotatable bonds is 8. The summed E-state index contributed by atoms with van der Waals surface area (Å²) in [5.41, 5.74) is 0.285. The molecular weight excluding hydrogens is 284 g/mol. The zero-order chi connectivity index (χ0) is 15.3. The van der Waals surface area contributed by atoms with Crippen LogP contribution in [-0.2, 0) is 22.1 Å². The lowest BCUT2D eigenvalue weighted by Gasteiger charge is -2.20. The fraction of sp³-hybridized carbons (Fsp3) is 0.636. The molecule has 1 atom stereocenters. The number of unbranched alkanes of at least 4 members (excludes halogenated alkanes) is 1. The third kappa shape index (κ3) is 4.29. The number of hydrogen-bond acceptors (Lipinski definition) is 4. The molecule has 0 aliphatic heterocycles. The maximum atomic E-state index is 12.1. The third-order valence-electron chi connectivity index (χ3n) is 2.81. The van der Waals surface area contributed by atoms with Crippen molar-refractivity contribution < 1.29 is 18.3 Å². The number of carbonyl (C=O) groups is 1. The Morgan fingerprint density at radius 3 is 2.70 bits per heavy atom. The van der Waals surface area contributed by atoms with Crippen molar-refractivity contribution in [3.05, 3.63) is 18.0 Å². The van der Waals surface area contributed by atoms with Crippen molar-refractivity contribution >= 4 is 16.2 Å². The van der Waals surface area contributed by atoms with Gasteiger partial charge in [-0.3, -0.25) is 9.48 Å². The molecule has 1 aromatic rings. The molecule has 0 fully saturated rings. The van der Waals surface area contributed by atoms with E-state index in [1.807, 2.05) is 6.92 Å². The van der Waals surface area contributed by atoms with Gasteiger partial charge in [0.25, 0.3) is 10.2 Å². The minimum atomic E-state index is -3.85. The molecule has 0 aliphatic rings. The van der Waals surface area contributed by atoms with Gasteiger partial charge in [0.2, 0.25) is 0 Å². The SMILES string of the molecule is CCCCN(C)S(=O)(=O)NC(C(=O)O)c1cnn(C)c1. The van der Waals surface area contributed by atoms with E-state index < -0.39 is 22.2 Å². The molecule has 0 bridgehead atoms. The average molecular weight is 304 g/mol. The van der Waals surface area contributed by atoms with Gasteiger partial charge in [0, 0.05) is 32.4 Å². The molecule has 9 heteroatoms. The summed E-state index contributed by atoms with van der Waals surface area (Å²) >= 11 is 0. The highest BCUT2D eigenvalue weighted by atomic mass is 32.2. The van der Waals surface area contributed by atoms with Gasteiger partial charge in [-0.15, -0.1) is 0 Å². The van der Waals surface area contributed by atoms with E-state index >= 15 is 0 Å². The lowest BCUT2D eigenvalue weighted by molar-refractivity contribution is -0.139. The largest absolute Gasteiger partial charge is 0.480 e. The summed E-state index contributed by atoms with van der Waals surface area (Å²) in [5.74, 6) is -1.27. The molecule has 1 rings (SSSR count). The lowest BCUT2D eigenvalue weighted by atomic mass is 10.2. The Hall–Kier alpha value is -1.45. The highest BCUT2D eigenvalue weighted by molar-refractivity contribution is 7.87. The highest BCUT2D eigenvalue weighted by Gasteiger charge is 2.29. The van der Waals surface area contributed by atoms with Gasteiger partial charge in [-0.25, -0.2) is 0 Å². The number of hydrogen-bond donors (Lipinski definition) is 2. The van der Waals surface area contributed by atoms with Crippen LogP contribution in [0.25, 0.3) is 0 Å². The number of carboxylic acid groups (broad SMARTS) is 1. The van der Waals surface area contributed by atoms with E-state index in [1.54, 1.807) is 7.05 Å². The molecule has 1 aromatic heterocycles. The molecule has 0 radical (unpaired) electrons. The van der Waals surface area contributed by atoms with Crippen molar-refractivity contribution in [2.24, 2.45) is 7.05 Å². The predicted molar refractivity (Wildman–Crippen MR) is 73.2 cm³/mol. The maximum absolute atomic E-state index is 12.1. The van der Waals surface area contributed by atoms with E-state index in [4.69, 9.17) is 0 Å². The number of aromatic nitrogens is 2. The Morgan fingerprint density at radius 1 is 1.60 bits per heavy atom. The Kier molecular flexibility index (Phi) is 5.66. The van der Waals surface area contributed by atoms with Gasteiger partial charge in [0.1, 0.15) is 6.04 Å². The first-order valence-electron chi connectivity index (χ1n) is 6.23. The average Bonchev–Trinajstić information content (AvgIpc) is 2.79. The molecule has 1 heterocycles. The van der Waals surface area contributed by atoms with Crippen LogP contribution in [0.1, 0.15) is 31.4 Å². The second kappa shape index (κ2) is 6.82. The van der Waals surface area contributed by atoms with Crippen molar-refractivity contribution in [1.82, 2.24) is 18.8 Å². The Balaban J connectivity index is 2.88. The first-order chi connectivity index (χ1) is 9.27. The molecule has 0 amide bonds. The maximum Gasteiger partial charge on any atom is 0.326 e. The highest BCUT2D eigenvalue weighted by Crippen LogP contribution is 2.14. The van der Waals surface area contributed by atoms with Crippen molar-refractivity contribution in [2.75, 3.05) is 13.6 Å². The zero-order valence-electron chi connectivity index (χ0n) is 11.8. The van der Waals surface area contributed by atoms with E-state index in [-0.39, 0.29) is 5.56 Å². The van der Waals surface area contributed by atoms with Crippen molar-refractivity contribution in [2.45, 2.75) is 25.8 Å². The van der Waals surface area contributed by atoms with Crippen molar-refractivity contribution in [3.8, 4) is 0 Å². The van der Waals surface area contributed by atoms with Crippen LogP contribution in [0.4, 0.5) is 0 Å². The molecule has 0 spiro atoms. The number of nitrogens with one attached hydrogen (secondary N) is 1. The first-order valence-corrected chi connectivity index (χ1v) is 7.67. The molecule has 20 heavy (non-hydrogen) atoms. The fourth-order valence-corrected chi connectivity index (χ4v) is 2.67. The smallest absolute Gasteiger partial charge is 0.326 e. The van der Waals surface area contributed by atoms with Crippen LogP contribution in [0.3, 0.4) is 0 Å². The number of carboxylic acids is 1. The van der Waals surface area contributed by atoms with E-state index in [0.717, 1.165) is 10.7 Å². The van der Waals surface area contributed by atoms with Crippen LogP contribution in [0.5, 0.6) is 0 Å². The first kappa shape index (κ1) is 16.6. The minimum absolute atomic E-state index is 0.285. The summed E-state index contributed by atoms with van der Waals surface area (Å²) < 4.78 is 28.8. The van der Waals surface area contributed by atoms with Crippen LogP contribution >= 0.6 is 0 Å². The van der Waals surface area contributed by atoms with Crippen LogP contribution in [0, 0.1) is 0 Å². The van der Waals surface area contributed by atoms with Gasteiger partial charge >= 0.3 is 5.97 Å². The molecule has 0 aromatic carbocycles. The van der Waals surface area contributed by atoms with Gasteiger partial charge < -0.3 is 5.11 Å². The quantitative estimate of drug-likeness (QED) is 0.709. The summed E-state index contributed by atoms with van der Waals surface area (Å²) in [6.45, 7) is 2.29. The van der Waals surface area contributed by atoms with Crippen molar-refractivity contribution in [3.63, 3.8) is 0 Å². The van der Waals surface area contributed by atoms with Gasteiger partial charge in [0.05, 0.1) is 6.20 Å². The Labute approximate surface area is 118 Å².